The number of carboxylic acids is 1. The summed E-state index contributed by atoms with van der Waals surface area (Å²) in [6.45, 7) is 5.14. The number of nitrogens with zero attached hydrogens (tertiary/aromatic N) is 1. The lowest BCUT2D eigenvalue weighted by atomic mass is 9.97. The van der Waals surface area contributed by atoms with Crippen molar-refractivity contribution in [3.8, 4) is 0 Å². The van der Waals surface area contributed by atoms with Gasteiger partial charge in [-0.2, -0.15) is 0 Å². The smallest absolute Gasteiger partial charge is 0.307 e. The van der Waals surface area contributed by atoms with Crippen molar-refractivity contribution in [1.29, 1.82) is 0 Å². The third kappa shape index (κ3) is 4.24. The Labute approximate surface area is 79.2 Å². The largest absolute Gasteiger partial charge is 0.481 e. The molecule has 0 bridgehead atoms. The molecule has 2 N–H and O–H groups in total. The highest BCUT2D eigenvalue weighted by Gasteiger charge is 2.28. The highest BCUT2D eigenvalue weighted by atomic mass is 16.4. The third-order valence-electron chi connectivity index (χ3n) is 1.96. The van der Waals surface area contributed by atoms with Crippen LogP contribution in [-0.2, 0) is 4.79 Å². The molecule has 1 heterocycles. The van der Waals surface area contributed by atoms with Gasteiger partial charge in [-0.3, -0.25) is 4.79 Å². The topological polar surface area (TPSA) is 60.8 Å². The maximum absolute atomic E-state index is 10.5. The maximum atomic E-state index is 10.5. The Kier molecular flexibility index (Phi) is 5.66. The fourth-order valence-electron chi connectivity index (χ4n) is 1.47. The molecule has 1 aliphatic rings. The Bertz CT molecular complexity index is 151. The average molecular weight is 189 g/mol. The van der Waals surface area contributed by atoms with Crippen LogP contribution in [0.4, 0.5) is 0 Å². The molecule has 0 saturated carbocycles. The molecule has 0 radical (unpaired) electrons. The molecule has 1 rings (SSSR count). The quantitative estimate of drug-likeness (QED) is 0.627. The fraction of sp³-hybridized carbons (Fsp3) is 0.889. The predicted molar refractivity (Wildman–Crippen MR) is 50.6 cm³/mol. The number of rotatable bonds is 1. The van der Waals surface area contributed by atoms with Crippen molar-refractivity contribution in [2.75, 3.05) is 20.1 Å². The van der Waals surface area contributed by atoms with Gasteiger partial charge in [0.1, 0.15) is 0 Å². The normalized spacial score (nSPS) is 28.9. The van der Waals surface area contributed by atoms with Gasteiger partial charge in [0, 0.05) is 13.1 Å². The molecular formula is C9H19NO3. The number of aliphatic hydroxyl groups excluding tert-OH is 1. The lowest BCUT2D eigenvalue weighted by molar-refractivity contribution is -0.145. The zero-order valence-electron chi connectivity index (χ0n) is 8.53. The van der Waals surface area contributed by atoms with Gasteiger partial charge in [0.05, 0.1) is 12.0 Å². The first-order chi connectivity index (χ1) is 6.09. The number of likely N-dealkylation sites (N-methyl/N-ethyl adjacent to an activating group) is 1. The monoisotopic (exact) mass is 189 g/mol. The number of aliphatic hydroxyl groups is 1. The van der Waals surface area contributed by atoms with Crippen LogP contribution < -0.4 is 0 Å². The van der Waals surface area contributed by atoms with Gasteiger partial charge < -0.3 is 15.1 Å². The number of piperidine rings is 1. The van der Waals surface area contributed by atoms with E-state index >= 15 is 0 Å². The van der Waals surface area contributed by atoms with E-state index in [1.54, 1.807) is 0 Å². The first kappa shape index (κ1) is 12.4. The van der Waals surface area contributed by atoms with Gasteiger partial charge in [-0.1, -0.05) is 13.8 Å². The van der Waals surface area contributed by atoms with E-state index < -0.39 is 18.0 Å². The maximum Gasteiger partial charge on any atom is 0.307 e. The fourth-order valence-corrected chi connectivity index (χ4v) is 1.47. The molecular weight excluding hydrogens is 170 g/mol. The summed E-state index contributed by atoms with van der Waals surface area (Å²) in [5.41, 5.74) is 0. The minimum absolute atomic E-state index is 0.389. The molecule has 0 spiro atoms. The SMILES string of the molecule is CC.CN1CC(O)CC(C(=O)O)C1. The van der Waals surface area contributed by atoms with Gasteiger partial charge in [0.2, 0.25) is 0 Å². The van der Waals surface area contributed by atoms with Crippen molar-refractivity contribution >= 4 is 5.97 Å². The van der Waals surface area contributed by atoms with E-state index in [0.717, 1.165) is 0 Å². The van der Waals surface area contributed by atoms with Crippen LogP contribution in [0, 0.1) is 5.92 Å². The van der Waals surface area contributed by atoms with Crippen molar-refractivity contribution in [1.82, 2.24) is 4.90 Å². The molecule has 1 aliphatic heterocycles. The molecule has 0 aliphatic carbocycles. The van der Waals surface area contributed by atoms with E-state index in [1.807, 2.05) is 25.8 Å². The first-order valence-corrected chi connectivity index (χ1v) is 4.69. The van der Waals surface area contributed by atoms with Crippen LogP contribution in [0.1, 0.15) is 20.3 Å². The lowest BCUT2D eigenvalue weighted by Crippen LogP contribution is -2.43. The van der Waals surface area contributed by atoms with Gasteiger partial charge in [0.25, 0.3) is 0 Å². The van der Waals surface area contributed by atoms with Crippen molar-refractivity contribution in [2.45, 2.75) is 26.4 Å². The Morgan fingerprint density at radius 3 is 2.31 bits per heavy atom. The minimum atomic E-state index is -0.810. The van der Waals surface area contributed by atoms with E-state index in [4.69, 9.17) is 5.11 Å². The van der Waals surface area contributed by atoms with Crippen LogP contribution in [0.5, 0.6) is 0 Å². The Morgan fingerprint density at radius 1 is 1.38 bits per heavy atom. The summed E-state index contributed by atoms with van der Waals surface area (Å²) in [6, 6.07) is 0. The summed E-state index contributed by atoms with van der Waals surface area (Å²) in [5, 5.41) is 17.8. The summed E-state index contributed by atoms with van der Waals surface area (Å²) < 4.78 is 0. The summed E-state index contributed by atoms with van der Waals surface area (Å²) >= 11 is 0. The lowest BCUT2D eigenvalue weighted by Gasteiger charge is -2.30. The zero-order valence-corrected chi connectivity index (χ0v) is 8.53. The van der Waals surface area contributed by atoms with Crippen molar-refractivity contribution < 1.29 is 15.0 Å². The summed E-state index contributed by atoms with van der Waals surface area (Å²) in [4.78, 5) is 12.3. The van der Waals surface area contributed by atoms with Crippen molar-refractivity contribution in [3.63, 3.8) is 0 Å². The summed E-state index contributed by atoms with van der Waals surface area (Å²) in [7, 11) is 1.82. The Hall–Kier alpha value is -0.610. The van der Waals surface area contributed by atoms with Crippen LogP contribution in [0.15, 0.2) is 0 Å². The summed E-state index contributed by atoms with van der Waals surface area (Å²) in [5.74, 6) is -1.21. The highest BCUT2D eigenvalue weighted by Crippen LogP contribution is 2.15. The molecule has 1 saturated heterocycles. The molecule has 4 heteroatoms. The second-order valence-electron chi connectivity index (χ2n) is 3.15. The molecule has 0 aromatic rings. The Morgan fingerprint density at radius 2 is 1.92 bits per heavy atom. The van der Waals surface area contributed by atoms with E-state index in [-0.39, 0.29) is 0 Å². The van der Waals surface area contributed by atoms with Gasteiger partial charge in [-0.05, 0) is 13.5 Å². The Balaban J connectivity index is 0.000000671. The molecule has 0 amide bonds. The van der Waals surface area contributed by atoms with Gasteiger partial charge in [-0.25, -0.2) is 0 Å². The third-order valence-corrected chi connectivity index (χ3v) is 1.96. The second-order valence-corrected chi connectivity index (χ2v) is 3.15. The highest BCUT2D eigenvalue weighted by molar-refractivity contribution is 5.70. The number of aliphatic carboxylic acids is 1. The second kappa shape index (κ2) is 5.94. The van der Waals surface area contributed by atoms with Crippen LogP contribution in [0.25, 0.3) is 0 Å². The van der Waals surface area contributed by atoms with Crippen LogP contribution >= 0.6 is 0 Å². The van der Waals surface area contributed by atoms with Crippen LogP contribution in [0.2, 0.25) is 0 Å². The number of hydrogen-bond donors (Lipinski definition) is 2. The minimum Gasteiger partial charge on any atom is -0.481 e. The molecule has 0 aromatic carbocycles. The van der Waals surface area contributed by atoms with Gasteiger partial charge >= 0.3 is 5.97 Å². The van der Waals surface area contributed by atoms with Gasteiger partial charge in [-0.15, -0.1) is 0 Å². The van der Waals surface area contributed by atoms with Crippen molar-refractivity contribution in [3.05, 3.63) is 0 Å². The molecule has 4 nitrogen and oxygen atoms in total. The first-order valence-electron chi connectivity index (χ1n) is 4.69. The number of carbonyl (C=O) groups is 1. The molecule has 2 atom stereocenters. The van der Waals surface area contributed by atoms with E-state index in [9.17, 15) is 9.90 Å². The number of likely N-dealkylation sites (tertiary alicyclic amines) is 1. The van der Waals surface area contributed by atoms with Crippen LogP contribution in [-0.4, -0.2) is 47.3 Å². The average Bonchev–Trinajstić information content (AvgIpc) is 2.06. The standard InChI is InChI=1S/C7H13NO3.C2H6/c1-8-3-5(7(10)11)2-6(9)4-8;1-2/h5-6,9H,2-4H2,1H3,(H,10,11);1-2H3. The van der Waals surface area contributed by atoms with Gasteiger partial charge in [0.15, 0.2) is 0 Å². The number of hydrogen-bond acceptors (Lipinski definition) is 3. The zero-order chi connectivity index (χ0) is 10.4. The number of carboxylic acid groups (broad SMARTS) is 1. The number of β-amino-alcohol motifs (C(OH)–C–C–N with tert-alkyl or cyclic N) is 1. The molecule has 2 unspecified atom stereocenters. The molecule has 1 fully saturated rings. The van der Waals surface area contributed by atoms with Crippen LogP contribution in [0.3, 0.4) is 0 Å². The molecule has 13 heavy (non-hydrogen) atoms. The molecule has 0 aromatic heterocycles. The van der Waals surface area contributed by atoms with E-state index in [1.165, 1.54) is 0 Å². The molecule has 78 valence electrons. The van der Waals surface area contributed by atoms with Crippen molar-refractivity contribution in [2.24, 2.45) is 5.92 Å². The van der Waals surface area contributed by atoms with E-state index in [0.29, 0.717) is 19.5 Å². The van der Waals surface area contributed by atoms with E-state index in [2.05, 4.69) is 0 Å². The predicted octanol–water partition coefficient (Wildman–Crippen LogP) is 0.410. The summed E-state index contributed by atoms with van der Waals surface area (Å²) in [6.07, 6.45) is -0.0884.